The lowest BCUT2D eigenvalue weighted by Crippen LogP contribution is -2.45. The monoisotopic (exact) mass is 520 g/mol. The Hall–Kier alpha value is -3.63. The number of hydrogen-bond donors (Lipinski definition) is 1. The highest BCUT2D eigenvalue weighted by molar-refractivity contribution is 7.11. The molecule has 3 aliphatic rings. The van der Waals surface area contributed by atoms with Crippen molar-refractivity contribution in [1.82, 2.24) is 14.9 Å². The van der Waals surface area contributed by atoms with Crippen molar-refractivity contribution in [3.8, 4) is 11.6 Å². The van der Waals surface area contributed by atoms with Crippen LogP contribution in [0.4, 0.5) is 20.5 Å². The van der Waals surface area contributed by atoms with Crippen LogP contribution >= 0.6 is 11.3 Å². The van der Waals surface area contributed by atoms with E-state index < -0.39 is 11.6 Å². The van der Waals surface area contributed by atoms with Gasteiger partial charge in [0, 0.05) is 54.3 Å². The first kappa shape index (κ1) is 23.7. The predicted molar refractivity (Wildman–Crippen MR) is 144 cm³/mol. The van der Waals surface area contributed by atoms with Crippen molar-refractivity contribution in [3.63, 3.8) is 0 Å². The van der Waals surface area contributed by atoms with Crippen molar-refractivity contribution in [2.75, 3.05) is 50.0 Å². The summed E-state index contributed by atoms with van der Waals surface area (Å²) in [7, 11) is 2.07. The molecule has 1 fully saturated rings. The Kier molecular flexibility index (Phi) is 6.21. The summed E-state index contributed by atoms with van der Waals surface area (Å²) in [4.78, 5) is 19.3. The number of halogens is 2. The molecule has 2 aromatic heterocycles. The van der Waals surface area contributed by atoms with Gasteiger partial charge in [-0.15, -0.1) is 11.3 Å². The Balaban J connectivity index is 1.32. The van der Waals surface area contributed by atoms with Crippen LogP contribution in [0.5, 0.6) is 11.6 Å². The van der Waals surface area contributed by atoms with Gasteiger partial charge in [-0.1, -0.05) is 17.7 Å². The highest BCUT2D eigenvalue weighted by Crippen LogP contribution is 2.36. The number of aromatic nitrogens is 2. The van der Waals surface area contributed by atoms with Crippen LogP contribution in [0.15, 0.2) is 46.3 Å². The topological polar surface area (TPSA) is 65.9 Å². The molecule has 1 aliphatic carbocycles. The van der Waals surface area contributed by atoms with Gasteiger partial charge in [0.25, 0.3) is 0 Å². The Morgan fingerprint density at radius 1 is 1.08 bits per heavy atom. The summed E-state index contributed by atoms with van der Waals surface area (Å²) in [6.07, 6.45) is 4.06. The molecule has 0 spiro atoms. The van der Waals surface area contributed by atoms with Crippen molar-refractivity contribution < 1.29 is 13.5 Å². The average molecular weight is 521 g/mol. The van der Waals surface area contributed by atoms with Crippen molar-refractivity contribution in [2.45, 2.75) is 13.3 Å². The quantitative estimate of drug-likeness (QED) is 0.497. The molecule has 2 aliphatic heterocycles. The second-order valence-corrected chi connectivity index (χ2v) is 10.4. The van der Waals surface area contributed by atoms with E-state index >= 15 is 4.39 Å². The van der Waals surface area contributed by atoms with Crippen molar-refractivity contribution in [2.24, 2.45) is 4.99 Å². The third-order valence-corrected chi connectivity index (χ3v) is 7.63. The van der Waals surface area contributed by atoms with Gasteiger partial charge in [-0.25, -0.2) is 8.78 Å². The van der Waals surface area contributed by atoms with Crippen LogP contribution in [0.1, 0.15) is 22.9 Å². The minimum Gasteiger partial charge on any atom is -0.436 e. The summed E-state index contributed by atoms with van der Waals surface area (Å²) in [5.41, 5.74) is 2.63. The molecule has 6 rings (SSSR count). The molecule has 0 saturated carbocycles. The molecule has 0 radical (unpaired) electrons. The first-order valence-electron chi connectivity index (χ1n) is 12.2. The number of piperazine rings is 1. The van der Waals surface area contributed by atoms with Crippen LogP contribution in [0, 0.1) is 11.6 Å². The molecule has 37 heavy (non-hydrogen) atoms. The maximum Gasteiger partial charge on any atom is 0.230 e. The molecule has 0 atom stereocenters. The van der Waals surface area contributed by atoms with E-state index in [0.29, 0.717) is 36.1 Å². The third-order valence-electron chi connectivity index (χ3n) is 6.69. The molecule has 1 aromatic carbocycles. The zero-order valence-corrected chi connectivity index (χ0v) is 21.4. The van der Waals surface area contributed by atoms with E-state index in [2.05, 4.69) is 38.2 Å². The summed E-state index contributed by atoms with van der Waals surface area (Å²) >= 11 is 1.67. The van der Waals surface area contributed by atoms with E-state index in [0.717, 1.165) is 43.4 Å². The SMILES string of the molecule is CC1=Cc2c(F)c(Oc3cc(NC4=NCC(c5cccs5)=C4)nc(N4CCN(C)CC4)n3)cc(F)c2C1. The number of thiophene rings is 1. The lowest BCUT2D eigenvalue weighted by molar-refractivity contribution is 0.310. The highest BCUT2D eigenvalue weighted by atomic mass is 32.1. The van der Waals surface area contributed by atoms with Crippen LogP contribution in [-0.4, -0.2) is 60.5 Å². The molecule has 3 aromatic rings. The zero-order valence-electron chi connectivity index (χ0n) is 20.6. The maximum atomic E-state index is 15.3. The lowest BCUT2D eigenvalue weighted by Gasteiger charge is -2.32. The average Bonchev–Trinajstić information content (AvgIpc) is 3.64. The summed E-state index contributed by atoms with van der Waals surface area (Å²) in [6, 6.07) is 6.77. The van der Waals surface area contributed by atoms with Gasteiger partial charge in [-0.2, -0.15) is 9.97 Å². The summed E-state index contributed by atoms with van der Waals surface area (Å²) in [6.45, 7) is 5.66. The van der Waals surface area contributed by atoms with Gasteiger partial charge in [0.1, 0.15) is 17.5 Å². The van der Waals surface area contributed by atoms with E-state index in [1.54, 1.807) is 23.5 Å². The van der Waals surface area contributed by atoms with Crippen LogP contribution in [0.25, 0.3) is 11.6 Å². The smallest absolute Gasteiger partial charge is 0.230 e. The Bertz CT molecular complexity index is 1440. The Labute approximate surface area is 217 Å². The first-order chi connectivity index (χ1) is 17.9. The molecule has 0 amide bonds. The van der Waals surface area contributed by atoms with Crippen molar-refractivity contribution in [3.05, 3.63) is 68.9 Å². The molecular weight excluding hydrogens is 494 g/mol. The van der Waals surface area contributed by atoms with E-state index in [1.807, 2.05) is 24.4 Å². The first-order valence-corrected chi connectivity index (χ1v) is 13.1. The molecule has 0 unspecified atom stereocenters. The molecule has 10 heteroatoms. The number of rotatable bonds is 5. The second-order valence-electron chi connectivity index (χ2n) is 9.49. The predicted octanol–water partition coefficient (Wildman–Crippen LogP) is 5.23. The van der Waals surface area contributed by atoms with Gasteiger partial charge in [-0.05, 0) is 43.5 Å². The van der Waals surface area contributed by atoms with Crippen LogP contribution < -0.4 is 15.0 Å². The van der Waals surface area contributed by atoms with Gasteiger partial charge < -0.3 is 19.9 Å². The number of likely N-dealkylation sites (N-methyl/N-ethyl adjacent to an activating group) is 1. The summed E-state index contributed by atoms with van der Waals surface area (Å²) in [5, 5.41) is 5.29. The largest absolute Gasteiger partial charge is 0.436 e. The number of amidine groups is 1. The molecular formula is C27H26F2N6OS. The fraction of sp³-hybridized carbons (Fsp3) is 0.296. The third kappa shape index (κ3) is 4.86. The summed E-state index contributed by atoms with van der Waals surface area (Å²) < 4.78 is 35.9. The van der Waals surface area contributed by atoms with Gasteiger partial charge in [0.15, 0.2) is 11.6 Å². The van der Waals surface area contributed by atoms with E-state index in [-0.39, 0.29) is 17.2 Å². The van der Waals surface area contributed by atoms with Gasteiger partial charge in [0.2, 0.25) is 11.8 Å². The number of allylic oxidation sites excluding steroid dienone is 1. The number of nitrogens with zero attached hydrogens (tertiary/aromatic N) is 5. The van der Waals surface area contributed by atoms with E-state index in [9.17, 15) is 4.39 Å². The number of fused-ring (bicyclic) bond motifs is 1. The molecule has 1 saturated heterocycles. The number of ether oxygens (including phenoxy) is 1. The Morgan fingerprint density at radius 3 is 2.70 bits per heavy atom. The standard InChI is InChI=1S/C27H26F2N6OS/c1-16-10-18-19(11-16)26(29)21(13-20(18)28)36-25-14-24(32-27(33-25)35-7-5-34(2)6-8-35)31-23-12-17(15-30-23)22-4-3-9-37-22/h3-4,9,11-14H,5-8,10,15H2,1-2H3,(H,30,31,32,33). The van der Waals surface area contributed by atoms with Crippen molar-refractivity contribution >= 4 is 40.6 Å². The highest BCUT2D eigenvalue weighted by Gasteiger charge is 2.24. The van der Waals surface area contributed by atoms with Crippen LogP contribution in [0.3, 0.4) is 0 Å². The molecule has 190 valence electrons. The van der Waals surface area contributed by atoms with Gasteiger partial charge in [-0.3, -0.25) is 4.99 Å². The normalized spacial score (nSPS) is 17.4. The molecule has 7 nitrogen and oxygen atoms in total. The number of aliphatic imine (C=N–C) groups is 1. The second kappa shape index (κ2) is 9.68. The number of anilines is 2. The minimum absolute atomic E-state index is 0.129. The van der Waals surface area contributed by atoms with E-state index in [4.69, 9.17) is 9.72 Å². The molecule has 1 N–H and O–H groups in total. The number of nitrogens with one attached hydrogen (secondary N) is 1. The maximum absolute atomic E-state index is 15.3. The molecule has 0 bridgehead atoms. The zero-order chi connectivity index (χ0) is 25.5. The minimum atomic E-state index is -0.591. The number of hydrogen-bond acceptors (Lipinski definition) is 8. The van der Waals surface area contributed by atoms with E-state index in [1.165, 1.54) is 4.88 Å². The fourth-order valence-corrected chi connectivity index (χ4v) is 5.41. The van der Waals surface area contributed by atoms with Gasteiger partial charge >= 0.3 is 0 Å². The summed E-state index contributed by atoms with van der Waals surface area (Å²) in [5.74, 6) is 0.460. The molecule has 4 heterocycles. The lowest BCUT2D eigenvalue weighted by atomic mass is 10.1. The Morgan fingerprint density at radius 2 is 1.92 bits per heavy atom. The van der Waals surface area contributed by atoms with Crippen molar-refractivity contribution in [1.29, 1.82) is 0 Å². The van der Waals surface area contributed by atoms with Gasteiger partial charge in [0.05, 0.1) is 6.54 Å². The fourth-order valence-electron chi connectivity index (χ4n) is 4.67. The number of benzene rings is 1. The van der Waals surface area contributed by atoms with Crippen LogP contribution in [-0.2, 0) is 6.42 Å². The van der Waals surface area contributed by atoms with Crippen LogP contribution in [0.2, 0.25) is 0 Å².